The van der Waals surface area contributed by atoms with Gasteiger partial charge in [0.15, 0.2) is 5.13 Å². The van der Waals surface area contributed by atoms with Crippen LogP contribution >= 0.6 is 11.3 Å². The maximum absolute atomic E-state index is 5.65. The first-order valence-corrected chi connectivity index (χ1v) is 6.91. The van der Waals surface area contributed by atoms with Gasteiger partial charge in [-0.1, -0.05) is 23.5 Å². The minimum absolute atomic E-state index is 0.481. The van der Waals surface area contributed by atoms with E-state index in [1.165, 1.54) is 0 Å². The summed E-state index contributed by atoms with van der Waals surface area (Å²) in [5.41, 5.74) is 7.70. The predicted molar refractivity (Wildman–Crippen MR) is 82.0 cm³/mol. The first-order chi connectivity index (χ1) is 9.70. The largest absolute Gasteiger partial charge is 0.384 e. The summed E-state index contributed by atoms with van der Waals surface area (Å²) in [4.78, 5) is 13.9. The average Bonchev–Trinajstić information content (AvgIpc) is 2.88. The van der Waals surface area contributed by atoms with Crippen molar-refractivity contribution in [1.29, 1.82) is 0 Å². The van der Waals surface area contributed by atoms with Crippen LogP contribution in [0.25, 0.3) is 10.4 Å². The van der Waals surface area contributed by atoms with E-state index in [0.29, 0.717) is 11.6 Å². The van der Waals surface area contributed by atoms with Crippen LogP contribution in [0.5, 0.6) is 0 Å². The average molecular weight is 283 g/mol. The molecule has 20 heavy (non-hydrogen) atoms. The Morgan fingerprint density at radius 3 is 2.75 bits per heavy atom. The van der Waals surface area contributed by atoms with Gasteiger partial charge in [0.05, 0.1) is 4.88 Å². The molecule has 0 fully saturated rings. The molecule has 0 bridgehead atoms. The summed E-state index contributed by atoms with van der Waals surface area (Å²) in [6.07, 6.45) is 3.68. The van der Waals surface area contributed by atoms with E-state index in [4.69, 9.17) is 5.73 Å². The molecule has 0 unspecified atom stereocenters. The molecular formula is C14H13N5S. The zero-order valence-electron chi connectivity index (χ0n) is 10.9. The van der Waals surface area contributed by atoms with Gasteiger partial charge in [-0.05, 0) is 25.1 Å². The smallest absolute Gasteiger partial charge is 0.188 e. The lowest BCUT2D eigenvalue weighted by Crippen LogP contribution is -1.95. The molecule has 100 valence electrons. The number of rotatable bonds is 3. The summed E-state index contributed by atoms with van der Waals surface area (Å²) in [5, 5.41) is 3.92. The first kappa shape index (κ1) is 12.6. The number of anilines is 3. The highest BCUT2D eigenvalue weighted by Crippen LogP contribution is 2.29. The minimum atomic E-state index is 0.481. The first-order valence-electron chi connectivity index (χ1n) is 6.09. The quantitative estimate of drug-likeness (QED) is 0.771. The lowest BCUT2D eigenvalue weighted by molar-refractivity contribution is 1.20. The molecule has 3 N–H and O–H groups in total. The highest BCUT2D eigenvalue weighted by molar-refractivity contribution is 7.18. The molecule has 0 amide bonds. The van der Waals surface area contributed by atoms with Crippen molar-refractivity contribution in [3.05, 3.63) is 48.4 Å². The van der Waals surface area contributed by atoms with E-state index in [-0.39, 0.29) is 0 Å². The second-order valence-corrected chi connectivity index (χ2v) is 5.32. The number of pyridine rings is 2. The van der Waals surface area contributed by atoms with Crippen molar-refractivity contribution >= 4 is 28.1 Å². The Bertz CT molecular complexity index is 720. The van der Waals surface area contributed by atoms with E-state index in [0.717, 1.165) is 21.3 Å². The van der Waals surface area contributed by atoms with E-state index in [1.807, 2.05) is 43.6 Å². The monoisotopic (exact) mass is 283 g/mol. The Kier molecular flexibility index (Phi) is 3.30. The van der Waals surface area contributed by atoms with Crippen LogP contribution in [-0.2, 0) is 0 Å². The molecule has 0 aliphatic rings. The number of nitrogen functional groups attached to an aromatic ring is 1. The molecule has 0 saturated heterocycles. The van der Waals surface area contributed by atoms with E-state index in [1.54, 1.807) is 17.4 Å². The third-order valence-corrected chi connectivity index (χ3v) is 3.67. The molecule has 0 aliphatic heterocycles. The van der Waals surface area contributed by atoms with Crippen molar-refractivity contribution in [2.75, 3.05) is 11.1 Å². The maximum atomic E-state index is 5.65. The summed E-state index contributed by atoms with van der Waals surface area (Å²) >= 11 is 1.55. The molecule has 0 atom stereocenters. The molecule has 0 aromatic carbocycles. The Morgan fingerprint density at radius 2 is 2.00 bits per heavy atom. The van der Waals surface area contributed by atoms with Gasteiger partial charge in [0.2, 0.25) is 0 Å². The van der Waals surface area contributed by atoms with Crippen LogP contribution < -0.4 is 11.1 Å². The number of aromatic nitrogens is 3. The van der Waals surface area contributed by atoms with E-state index in [2.05, 4.69) is 20.3 Å². The lowest BCUT2D eigenvalue weighted by atomic mass is 10.2. The highest BCUT2D eigenvalue weighted by atomic mass is 32.1. The topological polar surface area (TPSA) is 76.7 Å². The molecule has 5 nitrogen and oxygen atoms in total. The second-order valence-electron chi connectivity index (χ2n) is 4.29. The number of hydrogen-bond donors (Lipinski definition) is 2. The van der Waals surface area contributed by atoms with Crippen molar-refractivity contribution < 1.29 is 0 Å². The Morgan fingerprint density at radius 1 is 1.10 bits per heavy atom. The van der Waals surface area contributed by atoms with Gasteiger partial charge in [-0.25, -0.2) is 9.97 Å². The van der Waals surface area contributed by atoms with Crippen LogP contribution in [0.4, 0.5) is 16.8 Å². The van der Waals surface area contributed by atoms with Crippen molar-refractivity contribution in [1.82, 2.24) is 15.0 Å². The van der Waals surface area contributed by atoms with Crippen LogP contribution in [0.1, 0.15) is 5.69 Å². The molecule has 0 radical (unpaired) electrons. The van der Waals surface area contributed by atoms with Crippen LogP contribution in [0.3, 0.4) is 0 Å². The van der Waals surface area contributed by atoms with Crippen LogP contribution in [0.2, 0.25) is 0 Å². The molecule has 3 aromatic rings. The Balaban J connectivity index is 1.82. The van der Waals surface area contributed by atoms with Gasteiger partial charge in [-0.2, -0.15) is 0 Å². The minimum Gasteiger partial charge on any atom is -0.384 e. The standard InChI is InChI=1S/C14H13N5S/c1-9-5-6-10(7-16-9)11-8-17-14(20-11)19-13-4-2-3-12(15)18-13/h2-8H,1H3,(H3,15,17,18,19). The van der Waals surface area contributed by atoms with Crippen molar-refractivity contribution in [2.45, 2.75) is 6.92 Å². The lowest BCUT2D eigenvalue weighted by Gasteiger charge is -2.01. The van der Waals surface area contributed by atoms with Gasteiger partial charge in [0.1, 0.15) is 11.6 Å². The molecular weight excluding hydrogens is 270 g/mol. The van der Waals surface area contributed by atoms with Gasteiger partial charge in [0.25, 0.3) is 0 Å². The normalized spacial score (nSPS) is 10.4. The van der Waals surface area contributed by atoms with Gasteiger partial charge in [-0.3, -0.25) is 4.98 Å². The zero-order chi connectivity index (χ0) is 13.9. The van der Waals surface area contributed by atoms with Gasteiger partial charge < -0.3 is 11.1 Å². The van der Waals surface area contributed by atoms with Crippen LogP contribution in [-0.4, -0.2) is 15.0 Å². The van der Waals surface area contributed by atoms with Gasteiger partial charge in [0, 0.05) is 23.7 Å². The number of thiazole rings is 1. The molecule has 0 saturated carbocycles. The highest BCUT2D eigenvalue weighted by Gasteiger charge is 2.05. The van der Waals surface area contributed by atoms with Crippen LogP contribution in [0, 0.1) is 6.92 Å². The van der Waals surface area contributed by atoms with E-state index >= 15 is 0 Å². The van der Waals surface area contributed by atoms with Crippen molar-refractivity contribution in [2.24, 2.45) is 0 Å². The number of nitrogens with one attached hydrogen (secondary N) is 1. The fourth-order valence-corrected chi connectivity index (χ4v) is 2.52. The summed E-state index contributed by atoms with van der Waals surface area (Å²) in [6.45, 7) is 1.97. The van der Waals surface area contributed by atoms with Gasteiger partial charge in [-0.15, -0.1) is 0 Å². The predicted octanol–water partition coefficient (Wildman–Crippen LogP) is 3.23. The zero-order valence-corrected chi connectivity index (χ0v) is 11.7. The fourth-order valence-electron chi connectivity index (χ4n) is 1.71. The van der Waals surface area contributed by atoms with E-state index in [9.17, 15) is 0 Å². The summed E-state index contributed by atoms with van der Waals surface area (Å²) in [5.74, 6) is 1.17. The molecule has 3 aromatic heterocycles. The SMILES string of the molecule is Cc1ccc(-c2cnc(Nc3cccc(N)n3)s2)cn1. The third kappa shape index (κ3) is 2.75. The Labute approximate surface area is 120 Å². The number of nitrogens with zero attached hydrogens (tertiary/aromatic N) is 3. The molecule has 0 aliphatic carbocycles. The summed E-state index contributed by atoms with van der Waals surface area (Å²) < 4.78 is 0. The van der Waals surface area contributed by atoms with Gasteiger partial charge >= 0.3 is 0 Å². The number of nitrogens with two attached hydrogens (primary N) is 1. The molecule has 3 rings (SSSR count). The summed E-state index contributed by atoms with van der Waals surface area (Å²) in [7, 11) is 0. The second kappa shape index (κ2) is 5.26. The molecule has 3 heterocycles. The Hall–Kier alpha value is -2.47. The van der Waals surface area contributed by atoms with Crippen molar-refractivity contribution in [3.8, 4) is 10.4 Å². The maximum Gasteiger partial charge on any atom is 0.188 e. The van der Waals surface area contributed by atoms with Crippen LogP contribution in [0.15, 0.2) is 42.7 Å². The third-order valence-electron chi connectivity index (χ3n) is 2.71. The fraction of sp³-hybridized carbons (Fsp3) is 0.0714. The molecule has 0 spiro atoms. The number of hydrogen-bond acceptors (Lipinski definition) is 6. The summed E-state index contributed by atoms with van der Waals surface area (Å²) in [6, 6.07) is 9.48. The number of aryl methyl sites for hydroxylation is 1. The molecule has 6 heteroatoms. The van der Waals surface area contributed by atoms with Crippen molar-refractivity contribution in [3.63, 3.8) is 0 Å². The van der Waals surface area contributed by atoms with E-state index < -0.39 is 0 Å².